The van der Waals surface area contributed by atoms with Gasteiger partial charge in [0, 0.05) is 6.42 Å². The molecule has 0 amide bonds. The van der Waals surface area contributed by atoms with Gasteiger partial charge in [-0.2, -0.15) is 0 Å². The Morgan fingerprint density at radius 2 is 1.75 bits per heavy atom. The molecule has 0 aliphatic carbocycles. The van der Waals surface area contributed by atoms with Crippen LogP contribution in [0.15, 0.2) is 18.2 Å². The number of carbonyl (C=O) groups is 3. The minimum Gasteiger partial charge on any atom is -0.481 e. The molecule has 6 nitrogen and oxygen atoms in total. The first-order chi connectivity index (χ1) is 9.32. The van der Waals surface area contributed by atoms with Gasteiger partial charge in [0.2, 0.25) is 6.23 Å². The quantitative estimate of drug-likeness (QED) is 0.612. The van der Waals surface area contributed by atoms with Crippen molar-refractivity contribution in [3.8, 4) is 0 Å². The molecule has 0 aromatic heterocycles. The third kappa shape index (κ3) is 4.48. The molecule has 0 spiro atoms. The van der Waals surface area contributed by atoms with Crippen LogP contribution < -0.4 is 5.73 Å². The smallest absolute Gasteiger partial charge is 0.343 e. The molecule has 0 heterocycles. The van der Waals surface area contributed by atoms with Crippen LogP contribution in [0.4, 0.5) is 0 Å². The standard InChI is InChI=1S/C12H11Cl2NO5/c13-6-2-1-3-7(14)10(6)12(19)20-11(15)8(16)4-5-9(17)18/h1-3,11H,4-5,15H2,(H,17,18). The van der Waals surface area contributed by atoms with E-state index in [9.17, 15) is 14.4 Å². The van der Waals surface area contributed by atoms with E-state index >= 15 is 0 Å². The van der Waals surface area contributed by atoms with Crippen molar-refractivity contribution in [1.29, 1.82) is 0 Å². The topological polar surface area (TPSA) is 107 Å². The number of nitrogens with two attached hydrogens (primary N) is 1. The van der Waals surface area contributed by atoms with E-state index in [0.717, 1.165) is 0 Å². The van der Waals surface area contributed by atoms with Crippen molar-refractivity contribution in [3.05, 3.63) is 33.8 Å². The van der Waals surface area contributed by atoms with E-state index in [1.165, 1.54) is 12.1 Å². The van der Waals surface area contributed by atoms with Gasteiger partial charge in [-0.05, 0) is 12.1 Å². The number of ether oxygens (including phenoxy) is 1. The molecule has 1 atom stereocenters. The Morgan fingerprint density at radius 3 is 2.25 bits per heavy atom. The van der Waals surface area contributed by atoms with Gasteiger partial charge in [0.25, 0.3) is 0 Å². The summed E-state index contributed by atoms with van der Waals surface area (Å²) >= 11 is 11.6. The number of benzene rings is 1. The van der Waals surface area contributed by atoms with Crippen molar-refractivity contribution < 1.29 is 24.2 Å². The van der Waals surface area contributed by atoms with Crippen LogP contribution >= 0.6 is 23.2 Å². The van der Waals surface area contributed by atoms with Gasteiger partial charge in [-0.15, -0.1) is 0 Å². The predicted octanol–water partition coefficient (Wildman–Crippen LogP) is 1.87. The minimum atomic E-state index is -1.56. The fourth-order valence-corrected chi connectivity index (χ4v) is 1.86. The van der Waals surface area contributed by atoms with Crippen LogP contribution in [0.2, 0.25) is 10.0 Å². The summed E-state index contributed by atoms with van der Waals surface area (Å²) in [6.45, 7) is 0. The number of esters is 1. The van der Waals surface area contributed by atoms with Crippen LogP contribution in [0.3, 0.4) is 0 Å². The lowest BCUT2D eigenvalue weighted by molar-refractivity contribution is -0.139. The zero-order valence-corrected chi connectivity index (χ0v) is 11.6. The monoisotopic (exact) mass is 319 g/mol. The molecule has 0 aliphatic rings. The minimum absolute atomic E-state index is 0.0627. The van der Waals surface area contributed by atoms with Gasteiger partial charge in [0.05, 0.1) is 22.0 Å². The molecule has 1 unspecified atom stereocenters. The molecule has 1 rings (SSSR count). The molecule has 108 valence electrons. The zero-order valence-electron chi connectivity index (χ0n) is 10.1. The van der Waals surface area contributed by atoms with Crippen molar-refractivity contribution in [2.75, 3.05) is 0 Å². The van der Waals surface area contributed by atoms with Crippen molar-refractivity contribution in [2.24, 2.45) is 5.73 Å². The Hall–Kier alpha value is -1.63. The van der Waals surface area contributed by atoms with E-state index in [4.69, 9.17) is 38.8 Å². The second-order valence-corrected chi connectivity index (χ2v) is 4.60. The lowest BCUT2D eigenvalue weighted by Crippen LogP contribution is -2.35. The number of carboxylic acid groups (broad SMARTS) is 1. The number of aliphatic carboxylic acids is 1. The number of carbonyl (C=O) groups excluding carboxylic acids is 2. The normalized spacial score (nSPS) is 11.8. The number of halogens is 2. The Bertz CT molecular complexity index is 526. The van der Waals surface area contributed by atoms with Gasteiger partial charge in [0.1, 0.15) is 0 Å². The third-order valence-corrected chi connectivity index (χ3v) is 2.93. The lowest BCUT2D eigenvalue weighted by atomic mass is 10.2. The first-order valence-corrected chi connectivity index (χ1v) is 6.23. The number of Topliss-reactive ketones (excluding diaryl/α,β-unsaturated/α-hetero) is 1. The number of ketones is 1. The number of carboxylic acids is 1. The highest BCUT2D eigenvalue weighted by Gasteiger charge is 2.23. The van der Waals surface area contributed by atoms with Crippen LogP contribution in [0.5, 0.6) is 0 Å². The Balaban J connectivity index is 2.70. The maximum atomic E-state index is 11.8. The maximum Gasteiger partial charge on any atom is 0.343 e. The Kier molecular flexibility index (Phi) is 5.94. The third-order valence-electron chi connectivity index (χ3n) is 2.30. The number of rotatable bonds is 6. The van der Waals surface area contributed by atoms with E-state index in [0.29, 0.717) is 0 Å². The van der Waals surface area contributed by atoms with Gasteiger partial charge in [0.15, 0.2) is 5.78 Å². The van der Waals surface area contributed by atoms with E-state index < -0.39 is 30.4 Å². The molecule has 1 aromatic rings. The summed E-state index contributed by atoms with van der Waals surface area (Å²) < 4.78 is 4.72. The van der Waals surface area contributed by atoms with Crippen molar-refractivity contribution in [3.63, 3.8) is 0 Å². The number of hydrogen-bond donors (Lipinski definition) is 2. The molecule has 0 aliphatic heterocycles. The predicted molar refractivity (Wildman–Crippen MR) is 71.7 cm³/mol. The summed E-state index contributed by atoms with van der Waals surface area (Å²) in [6, 6.07) is 4.41. The summed E-state index contributed by atoms with van der Waals surface area (Å²) in [5.74, 6) is -2.80. The van der Waals surface area contributed by atoms with Gasteiger partial charge in [-0.3, -0.25) is 15.3 Å². The van der Waals surface area contributed by atoms with Gasteiger partial charge < -0.3 is 9.84 Å². The molecule has 3 N–H and O–H groups in total. The summed E-state index contributed by atoms with van der Waals surface area (Å²) in [4.78, 5) is 33.6. The molecule has 0 radical (unpaired) electrons. The summed E-state index contributed by atoms with van der Waals surface area (Å²) in [6.07, 6.45) is -2.29. The zero-order chi connectivity index (χ0) is 15.3. The molecule has 20 heavy (non-hydrogen) atoms. The van der Waals surface area contributed by atoms with Gasteiger partial charge in [-0.25, -0.2) is 4.79 Å². The molecule has 0 fully saturated rings. The summed E-state index contributed by atoms with van der Waals surface area (Å²) in [5, 5.41) is 8.57. The molecule has 0 bridgehead atoms. The first-order valence-electron chi connectivity index (χ1n) is 5.48. The molecular weight excluding hydrogens is 309 g/mol. The second-order valence-electron chi connectivity index (χ2n) is 3.78. The molecule has 1 aromatic carbocycles. The fourth-order valence-electron chi connectivity index (χ4n) is 1.31. The highest BCUT2D eigenvalue weighted by atomic mass is 35.5. The van der Waals surface area contributed by atoms with Crippen molar-refractivity contribution >= 4 is 40.9 Å². The average Bonchev–Trinajstić information content (AvgIpc) is 2.35. The molecule has 0 saturated carbocycles. The van der Waals surface area contributed by atoms with Crippen LogP contribution in [0.25, 0.3) is 0 Å². The summed E-state index contributed by atoms with van der Waals surface area (Å²) in [5.41, 5.74) is 5.27. The highest BCUT2D eigenvalue weighted by molar-refractivity contribution is 6.39. The van der Waals surface area contributed by atoms with E-state index in [2.05, 4.69) is 0 Å². The first kappa shape index (κ1) is 16.4. The summed E-state index contributed by atoms with van der Waals surface area (Å²) in [7, 11) is 0. The van der Waals surface area contributed by atoms with E-state index in [1.54, 1.807) is 6.07 Å². The molecular formula is C12H11Cl2NO5. The lowest BCUT2D eigenvalue weighted by Gasteiger charge is -2.13. The molecule has 8 heteroatoms. The SMILES string of the molecule is NC(OC(=O)c1c(Cl)cccc1Cl)C(=O)CCC(=O)O. The molecule has 0 saturated heterocycles. The fraction of sp³-hybridized carbons (Fsp3) is 0.250. The second kappa shape index (κ2) is 7.23. The van der Waals surface area contributed by atoms with E-state index in [-0.39, 0.29) is 22.0 Å². The number of hydrogen-bond acceptors (Lipinski definition) is 5. The Labute approximate surface area is 124 Å². The largest absolute Gasteiger partial charge is 0.481 e. The average molecular weight is 320 g/mol. The van der Waals surface area contributed by atoms with Crippen LogP contribution in [0.1, 0.15) is 23.2 Å². The highest BCUT2D eigenvalue weighted by Crippen LogP contribution is 2.25. The Morgan fingerprint density at radius 1 is 1.20 bits per heavy atom. The van der Waals surface area contributed by atoms with Crippen LogP contribution in [-0.2, 0) is 14.3 Å². The maximum absolute atomic E-state index is 11.8. The van der Waals surface area contributed by atoms with Gasteiger partial charge >= 0.3 is 11.9 Å². The van der Waals surface area contributed by atoms with Crippen LogP contribution in [0, 0.1) is 0 Å². The van der Waals surface area contributed by atoms with Crippen LogP contribution in [-0.4, -0.2) is 29.1 Å². The van der Waals surface area contributed by atoms with E-state index in [1.807, 2.05) is 0 Å². The van der Waals surface area contributed by atoms with Crippen molar-refractivity contribution in [1.82, 2.24) is 0 Å². The van der Waals surface area contributed by atoms with Gasteiger partial charge in [-0.1, -0.05) is 29.3 Å². The van der Waals surface area contributed by atoms with Crippen molar-refractivity contribution in [2.45, 2.75) is 19.1 Å².